The van der Waals surface area contributed by atoms with Gasteiger partial charge in [-0.3, -0.25) is 0 Å². The molecule has 0 unspecified atom stereocenters. The molecule has 1 atom stereocenters. The van der Waals surface area contributed by atoms with Gasteiger partial charge in [0.15, 0.2) is 0 Å². The summed E-state index contributed by atoms with van der Waals surface area (Å²) in [5, 5.41) is 0. The Morgan fingerprint density at radius 1 is 1.40 bits per heavy atom. The quantitative estimate of drug-likeness (QED) is 0.872. The van der Waals surface area contributed by atoms with Gasteiger partial charge in [0.1, 0.15) is 0 Å². The van der Waals surface area contributed by atoms with E-state index in [1.54, 1.807) is 0 Å². The molecule has 1 aliphatic rings. The summed E-state index contributed by atoms with van der Waals surface area (Å²) in [6, 6.07) is 4.54. The number of aryl methyl sites for hydroxylation is 1. The van der Waals surface area contributed by atoms with Crippen molar-refractivity contribution in [3.05, 3.63) is 21.9 Å². The highest BCUT2D eigenvalue weighted by molar-refractivity contribution is 7.12. The minimum atomic E-state index is 0. The van der Waals surface area contributed by atoms with E-state index in [9.17, 15) is 0 Å². The summed E-state index contributed by atoms with van der Waals surface area (Å²) in [4.78, 5) is 2.68. The number of hydrogen-bond donors (Lipinski definition) is 1. The number of nitrogens with two attached hydrogens (primary N) is 1. The number of halogens is 1. The van der Waals surface area contributed by atoms with Crippen LogP contribution >= 0.6 is 23.7 Å². The monoisotopic (exact) mass is 247 g/mol. The maximum absolute atomic E-state index is 6.24. The molecular formula is C11H18ClNOS. The van der Waals surface area contributed by atoms with Gasteiger partial charge in [0.2, 0.25) is 0 Å². The molecule has 0 saturated carbocycles. The first kappa shape index (κ1) is 13.0. The molecule has 1 aromatic rings. The average Bonchev–Trinajstić information content (AvgIpc) is 2.65. The van der Waals surface area contributed by atoms with E-state index >= 15 is 0 Å². The molecule has 1 fully saturated rings. The molecule has 86 valence electrons. The molecule has 2 nitrogen and oxygen atoms in total. The molecule has 0 radical (unpaired) electrons. The van der Waals surface area contributed by atoms with Gasteiger partial charge in [0.05, 0.1) is 0 Å². The fraction of sp³-hybridized carbons (Fsp3) is 0.636. The van der Waals surface area contributed by atoms with E-state index in [1.807, 2.05) is 11.3 Å². The summed E-state index contributed by atoms with van der Waals surface area (Å²) in [7, 11) is 0. The van der Waals surface area contributed by atoms with Crippen molar-refractivity contribution in [2.75, 3.05) is 13.2 Å². The van der Waals surface area contributed by atoms with Crippen LogP contribution in [0.15, 0.2) is 12.1 Å². The van der Waals surface area contributed by atoms with Crippen LogP contribution in [-0.4, -0.2) is 13.2 Å². The molecule has 0 spiro atoms. The maximum atomic E-state index is 6.24. The first-order valence-corrected chi connectivity index (χ1v) is 5.98. The van der Waals surface area contributed by atoms with Crippen LogP contribution in [-0.2, 0) is 4.74 Å². The smallest absolute Gasteiger partial charge is 0.0469 e. The molecule has 0 amide bonds. The van der Waals surface area contributed by atoms with Crippen LogP contribution in [0.4, 0.5) is 0 Å². The second kappa shape index (κ2) is 5.85. The molecule has 1 aliphatic heterocycles. The number of thiophene rings is 1. The van der Waals surface area contributed by atoms with E-state index in [2.05, 4.69) is 19.1 Å². The summed E-state index contributed by atoms with van der Waals surface area (Å²) in [6.45, 7) is 3.89. The molecule has 1 aromatic heterocycles. The predicted octanol–water partition coefficient (Wildman–Crippen LogP) is 2.90. The predicted molar refractivity (Wildman–Crippen MR) is 66.8 cm³/mol. The van der Waals surface area contributed by atoms with Crippen LogP contribution in [0.1, 0.15) is 28.6 Å². The zero-order chi connectivity index (χ0) is 9.97. The highest BCUT2D eigenvalue weighted by Gasteiger charge is 2.22. The fourth-order valence-corrected chi connectivity index (χ4v) is 2.91. The summed E-state index contributed by atoms with van der Waals surface area (Å²) in [5.41, 5.74) is 6.24. The Hall–Kier alpha value is -0.0900. The molecule has 4 heteroatoms. The van der Waals surface area contributed by atoms with Crippen molar-refractivity contribution < 1.29 is 4.74 Å². The molecule has 2 heterocycles. The minimum Gasteiger partial charge on any atom is -0.381 e. The van der Waals surface area contributed by atoms with E-state index in [0.717, 1.165) is 26.1 Å². The Morgan fingerprint density at radius 2 is 2.07 bits per heavy atom. The van der Waals surface area contributed by atoms with Crippen LogP contribution in [0.3, 0.4) is 0 Å². The lowest BCUT2D eigenvalue weighted by Gasteiger charge is -2.26. The normalized spacial score (nSPS) is 19.6. The number of hydrogen-bond acceptors (Lipinski definition) is 3. The Labute approximate surface area is 101 Å². The Kier molecular flexibility index (Phi) is 5.06. The zero-order valence-electron chi connectivity index (χ0n) is 8.94. The summed E-state index contributed by atoms with van der Waals surface area (Å²) >= 11 is 1.82. The highest BCUT2D eigenvalue weighted by atomic mass is 35.5. The van der Waals surface area contributed by atoms with Crippen LogP contribution in [0.5, 0.6) is 0 Å². The van der Waals surface area contributed by atoms with Crippen molar-refractivity contribution in [1.29, 1.82) is 0 Å². The molecule has 2 N–H and O–H groups in total. The Morgan fingerprint density at radius 3 is 2.60 bits per heavy atom. The molecule has 2 rings (SSSR count). The van der Waals surface area contributed by atoms with Crippen molar-refractivity contribution in [2.45, 2.75) is 25.8 Å². The molecule has 0 aromatic carbocycles. The SMILES string of the molecule is Cc1ccc([C@@H](N)C2CCOCC2)s1.Cl. The third-order valence-corrected chi connectivity index (χ3v) is 3.97. The third-order valence-electron chi connectivity index (χ3n) is 2.86. The van der Waals surface area contributed by atoms with Crippen molar-refractivity contribution >= 4 is 23.7 Å². The summed E-state index contributed by atoms with van der Waals surface area (Å²) in [5.74, 6) is 0.613. The topological polar surface area (TPSA) is 35.2 Å². The zero-order valence-corrected chi connectivity index (χ0v) is 10.6. The van der Waals surface area contributed by atoms with Gasteiger partial charge in [0, 0.05) is 29.0 Å². The summed E-state index contributed by atoms with van der Waals surface area (Å²) in [6.07, 6.45) is 2.22. The van der Waals surface area contributed by atoms with Gasteiger partial charge in [-0.05, 0) is 37.8 Å². The first-order valence-electron chi connectivity index (χ1n) is 5.17. The highest BCUT2D eigenvalue weighted by Crippen LogP contribution is 2.31. The van der Waals surface area contributed by atoms with E-state index in [-0.39, 0.29) is 18.4 Å². The van der Waals surface area contributed by atoms with Gasteiger partial charge in [-0.1, -0.05) is 0 Å². The van der Waals surface area contributed by atoms with Gasteiger partial charge in [-0.15, -0.1) is 23.7 Å². The van der Waals surface area contributed by atoms with E-state index in [0.29, 0.717) is 5.92 Å². The largest absolute Gasteiger partial charge is 0.381 e. The van der Waals surface area contributed by atoms with Crippen LogP contribution in [0, 0.1) is 12.8 Å². The van der Waals surface area contributed by atoms with E-state index in [1.165, 1.54) is 9.75 Å². The minimum absolute atomic E-state index is 0. The molecular weight excluding hydrogens is 230 g/mol. The van der Waals surface area contributed by atoms with Crippen molar-refractivity contribution in [3.63, 3.8) is 0 Å². The Balaban J connectivity index is 0.00000112. The summed E-state index contributed by atoms with van der Waals surface area (Å²) < 4.78 is 5.34. The average molecular weight is 248 g/mol. The standard InChI is InChI=1S/C11H17NOS.ClH/c1-8-2-3-10(14-8)11(12)9-4-6-13-7-5-9;/h2-3,9,11H,4-7,12H2,1H3;1H/t11-;/m0./s1. The van der Waals surface area contributed by atoms with Crippen molar-refractivity contribution in [3.8, 4) is 0 Å². The van der Waals surface area contributed by atoms with Crippen molar-refractivity contribution in [1.82, 2.24) is 0 Å². The van der Waals surface area contributed by atoms with Gasteiger partial charge in [-0.25, -0.2) is 0 Å². The van der Waals surface area contributed by atoms with Gasteiger partial charge >= 0.3 is 0 Å². The van der Waals surface area contributed by atoms with Crippen LogP contribution in [0.2, 0.25) is 0 Å². The second-order valence-electron chi connectivity index (χ2n) is 3.92. The lowest BCUT2D eigenvalue weighted by molar-refractivity contribution is 0.0587. The maximum Gasteiger partial charge on any atom is 0.0469 e. The molecule has 1 saturated heterocycles. The van der Waals surface area contributed by atoms with Crippen LogP contribution in [0.25, 0.3) is 0 Å². The van der Waals surface area contributed by atoms with Gasteiger partial charge in [-0.2, -0.15) is 0 Å². The van der Waals surface area contributed by atoms with Crippen molar-refractivity contribution in [2.24, 2.45) is 11.7 Å². The second-order valence-corrected chi connectivity index (χ2v) is 5.24. The lowest BCUT2D eigenvalue weighted by atomic mass is 9.91. The van der Waals surface area contributed by atoms with Crippen LogP contribution < -0.4 is 5.73 Å². The van der Waals surface area contributed by atoms with Gasteiger partial charge < -0.3 is 10.5 Å². The van der Waals surface area contributed by atoms with E-state index in [4.69, 9.17) is 10.5 Å². The first-order chi connectivity index (χ1) is 6.77. The molecule has 0 bridgehead atoms. The lowest BCUT2D eigenvalue weighted by Crippen LogP contribution is -2.26. The number of ether oxygens (including phenoxy) is 1. The third kappa shape index (κ3) is 3.18. The molecule has 0 aliphatic carbocycles. The van der Waals surface area contributed by atoms with Gasteiger partial charge in [0.25, 0.3) is 0 Å². The fourth-order valence-electron chi connectivity index (χ4n) is 1.94. The Bertz CT molecular complexity index is 297. The number of rotatable bonds is 2. The van der Waals surface area contributed by atoms with E-state index < -0.39 is 0 Å². The molecule has 15 heavy (non-hydrogen) atoms.